The summed E-state index contributed by atoms with van der Waals surface area (Å²) in [5, 5.41) is 24.0. The maximum atomic E-state index is 12.6. The Hall–Kier alpha value is -3.23. The van der Waals surface area contributed by atoms with Crippen molar-refractivity contribution < 1.29 is 19.6 Å². The van der Waals surface area contributed by atoms with E-state index in [-0.39, 0.29) is 29.2 Å². The summed E-state index contributed by atoms with van der Waals surface area (Å²) in [7, 11) is 2.99. The number of aromatic nitrogens is 2. The van der Waals surface area contributed by atoms with Crippen molar-refractivity contribution in [3.8, 4) is 0 Å². The zero-order valence-electron chi connectivity index (χ0n) is 13.4. The molecule has 0 aliphatic heterocycles. The number of aromatic carboxylic acids is 1. The summed E-state index contributed by atoms with van der Waals surface area (Å²) < 4.78 is 1.19. The first kappa shape index (κ1) is 17.1. The number of aryl methyl sites for hydroxylation is 2. The molecular weight excluding hydrogens is 316 g/mol. The quantitative estimate of drug-likeness (QED) is 0.656. The fourth-order valence-electron chi connectivity index (χ4n) is 2.38. The number of nitro groups is 1. The minimum Gasteiger partial charge on any atom is -0.478 e. The molecule has 0 atom stereocenters. The summed E-state index contributed by atoms with van der Waals surface area (Å²) in [4.78, 5) is 35.2. The van der Waals surface area contributed by atoms with Gasteiger partial charge in [0.05, 0.1) is 10.5 Å². The molecule has 9 nitrogen and oxygen atoms in total. The minimum atomic E-state index is -1.04. The normalized spacial score (nSPS) is 10.5. The number of carbonyl (C=O) groups excluding carboxylic acids is 1. The first-order valence-corrected chi connectivity index (χ1v) is 6.98. The molecule has 0 saturated heterocycles. The molecule has 1 N–H and O–H groups in total. The number of hydrogen-bond acceptors (Lipinski definition) is 5. The monoisotopic (exact) mass is 332 g/mol. The average Bonchev–Trinajstić information content (AvgIpc) is 2.81. The van der Waals surface area contributed by atoms with Crippen molar-refractivity contribution >= 4 is 17.6 Å². The van der Waals surface area contributed by atoms with Crippen LogP contribution in [0, 0.1) is 17.0 Å². The Morgan fingerprint density at radius 1 is 1.33 bits per heavy atom. The van der Waals surface area contributed by atoms with E-state index in [0.717, 1.165) is 0 Å². The number of rotatable bonds is 5. The van der Waals surface area contributed by atoms with Crippen LogP contribution >= 0.6 is 0 Å². The Balaban J connectivity index is 2.24. The zero-order chi connectivity index (χ0) is 18.0. The number of carbonyl (C=O) groups is 2. The molecule has 1 aromatic carbocycles. The number of carboxylic acids is 1. The Morgan fingerprint density at radius 2 is 1.92 bits per heavy atom. The highest BCUT2D eigenvalue weighted by atomic mass is 16.6. The third-order valence-electron chi connectivity index (χ3n) is 3.54. The third-order valence-corrected chi connectivity index (χ3v) is 3.54. The molecule has 0 saturated carbocycles. The van der Waals surface area contributed by atoms with Gasteiger partial charge in [0.1, 0.15) is 5.69 Å². The van der Waals surface area contributed by atoms with Crippen molar-refractivity contribution in [3.63, 3.8) is 0 Å². The second kappa shape index (κ2) is 6.49. The van der Waals surface area contributed by atoms with Gasteiger partial charge in [-0.3, -0.25) is 19.6 Å². The number of nitrogens with zero attached hydrogens (tertiary/aromatic N) is 4. The Bertz CT molecular complexity index is 810. The summed E-state index contributed by atoms with van der Waals surface area (Å²) in [6.45, 7) is 1.65. The summed E-state index contributed by atoms with van der Waals surface area (Å²) in [5.74, 6) is -1.57. The molecule has 0 fully saturated rings. The van der Waals surface area contributed by atoms with Gasteiger partial charge < -0.3 is 10.0 Å². The van der Waals surface area contributed by atoms with Crippen LogP contribution < -0.4 is 0 Å². The molecule has 2 aromatic rings. The number of amides is 1. The van der Waals surface area contributed by atoms with Crippen molar-refractivity contribution in [2.45, 2.75) is 13.5 Å². The highest BCUT2D eigenvalue weighted by Gasteiger charge is 2.31. The second-order valence-electron chi connectivity index (χ2n) is 5.33. The van der Waals surface area contributed by atoms with E-state index >= 15 is 0 Å². The molecule has 0 bridgehead atoms. The van der Waals surface area contributed by atoms with Crippen LogP contribution in [-0.2, 0) is 13.6 Å². The molecular formula is C15H16N4O5. The number of hydrogen-bond donors (Lipinski definition) is 1. The predicted octanol–water partition coefficient (Wildman–Crippen LogP) is 1.61. The molecule has 0 aliphatic rings. The number of benzene rings is 1. The molecule has 1 heterocycles. The van der Waals surface area contributed by atoms with Crippen molar-refractivity contribution in [1.29, 1.82) is 0 Å². The van der Waals surface area contributed by atoms with E-state index in [1.165, 1.54) is 42.7 Å². The summed E-state index contributed by atoms with van der Waals surface area (Å²) in [6.07, 6.45) is 0. The average molecular weight is 332 g/mol. The predicted molar refractivity (Wildman–Crippen MR) is 83.8 cm³/mol. The Labute approximate surface area is 137 Å². The van der Waals surface area contributed by atoms with Crippen LogP contribution in [0.15, 0.2) is 24.3 Å². The van der Waals surface area contributed by atoms with Crippen molar-refractivity contribution in [3.05, 3.63) is 56.9 Å². The third kappa shape index (κ3) is 3.24. The van der Waals surface area contributed by atoms with Crippen LogP contribution in [0.4, 0.5) is 5.69 Å². The minimum absolute atomic E-state index is 0.0952. The lowest BCUT2D eigenvalue weighted by Crippen LogP contribution is -2.28. The molecule has 0 spiro atoms. The van der Waals surface area contributed by atoms with E-state index < -0.39 is 16.8 Å². The van der Waals surface area contributed by atoms with Gasteiger partial charge in [0.2, 0.25) is 5.69 Å². The van der Waals surface area contributed by atoms with Crippen LogP contribution in [-0.4, -0.2) is 43.6 Å². The number of carboxylic acid groups (broad SMARTS) is 1. The lowest BCUT2D eigenvalue weighted by Gasteiger charge is -2.17. The van der Waals surface area contributed by atoms with Crippen molar-refractivity contribution in [1.82, 2.24) is 14.7 Å². The van der Waals surface area contributed by atoms with E-state index in [0.29, 0.717) is 5.56 Å². The second-order valence-corrected chi connectivity index (χ2v) is 5.33. The molecule has 126 valence electrons. The maximum absolute atomic E-state index is 12.6. The maximum Gasteiger partial charge on any atom is 0.335 e. The fourth-order valence-corrected chi connectivity index (χ4v) is 2.38. The van der Waals surface area contributed by atoms with E-state index in [1.54, 1.807) is 12.1 Å². The van der Waals surface area contributed by atoms with Crippen LogP contribution in [0.5, 0.6) is 0 Å². The topological polar surface area (TPSA) is 119 Å². The van der Waals surface area contributed by atoms with Gasteiger partial charge >= 0.3 is 11.7 Å². The highest BCUT2D eigenvalue weighted by Crippen LogP contribution is 2.23. The Morgan fingerprint density at radius 3 is 2.42 bits per heavy atom. The van der Waals surface area contributed by atoms with Gasteiger partial charge in [-0.25, -0.2) is 4.79 Å². The summed E-state index contributed by atoms with van der Waals surface area (Å²) >= 11 is 0. The van der Waals surface area contributed by atoms with Crippen LogP contribution in [0.3, 0.4) is 0 Å². The van der Waals surface area contributed by atoms with Crippen LogP contribution in [0.25, 0.3) is 0 Å². The van der Waals surface area contributed by atoms with Crippen molar-refractivity contribution in [2.24, 2.45) is 7.05 Å². The molecule has 0 unspecified atom stereocenters. The van der Waals surface area contributed by atoms with Gasteiger partial charge in [-0.05, 0) is 24.6 Å². The molecule has 1 aromatic heterocycles. The molecule has 2 rings (SSSR count). The summed E-state index contributed by atoms with van der Waals surface area (Å²) in [5.41, 5.74) is 0.616. The van der Waals surface area contributed by atoms with Gasteiger partial charge in [0, 0.05) is 20.6 Å². The van der Waals surface area contributed by atoms with Gasteiger partial charge in [-0.2, -0.15) is 5.10 Å². The van der Waals surface area contributed by atoms with Gasteiger partial charge in [-0.15, -0.1) is 0 Å². The van der Waals surface area contributed by atoms with E-state index in [4.69, 9.17) is 5.11 Å². The van der Waals surface area contributed by atoms with Gasteiger partial charge in [0.15, 0.2) is 0 Å². The summed E-state index contributed by atoms with van der Waals surface area (Å²) in [6, 6.07) is 6.06. The van der Waals surface area contributed by atoms with E-state index in [2.05, 4.69) is 5.10 Å². The zero-order valence-corrected chi connectivity index (χ0v) is 13.4. The van der Waals surface area contributed by atoms with Crippen molar-refractivity contribution in [2.75, 3.05) is 7.05 Å². The smallest absolute Gasteiger partial charge is 0.335 e. The first-order valence-electron chi connectivity index (χ1n) is 6.98. The molecule has 9 heteroatoms. The van der Waals surface area contributed by atoms with E-state index in [9.17, 15) is 19.7 Å². The van der Waals surface area contributed by atoms with Gasteiger partial charge in [-0.1, -0.05) is 12.1 Å². The largest absolute Gasteiger partial charge is 0.478 e. The lowest BCUT2D eigenvalue weighted by molar-refractivity contribution is -0.385. The fraction of sp³-hybridized carbons (Fsp3) is 0.267. The standard InChI is InChI=1S/C15H16N4O5/c1-9-12(19(23)24)13(18(3)16-9)14(20)17(2)8-10-4-6-11(7-5-10)15(21)22/h4-7H,8H2,1-3H3,(H,21,22). The van der Waals surface area contributed by atoms with E-state index in [1.807, 2.05) is 0 Å². The molecule has 0 aliphatic carbocycles. The molecule has 24 heavy (non-hydrogen) atoms. The van der Waals surface area contributed by atoms with Crippen LogP contribution in [0.1, 0.15) is 32.1 Å². The molecule has 1 amide bonds. The highest BCUT2D eigenvalue weighted by molar-refractivity contribution is 5.96. The Kier molecular flexibility index (Phi) is 4.63. The SMILES string of the molecule is Cc1nn(C)c(C(=O)N(C)Cc2ccc(C(=O)O)cc2)c1[N+](=O)[O-]. The lowest BCUT2D eigenvalue weighted by atomic mass is 10.1. The van der Waals surface area contributed by atoms with Crippen LogP contribution in [0.2, 0.25) is 0 Å². The van der Waals surface area contributed by atoms with Gasteiger partial charge in [0.25, 0.3) is 5.91 Å². The first-order chi connectivity index (χ1) is 11.2. The molecule has 0 radical (unpaired) electrons.